The molecule has 1 rings (SSSR count). The van der Waals surface area contributed by atoms with Crippen LogP contribution in [-0.4, -0.2) is 11.1 Å². The minimum atomic E-state index is -3.82. The van der Waals surface area contributed by atoms with E-state index in [0.29, 0.717) is 5.56 Å². The van der Waals surface area contributed by atoms with E-state index in [2.05, 4.69) is 0 Å². The molecule has 1 aromatic carbocycles. The van der Waals surface area contributed by atoms with Crippen LogP contribution in [0.2, 0.25) is 0 Å². The molecule has 0 saturated heterocycles. The molecule has 0 unspecified atom stereocenters. The molecule has 0 aliphatic heterocycles. The maximum atomic E-state index is 13.4. The van der Waals surface area contributed by atoms with Crippen molar-refractivity contribution in [2.45, 2.75) is 32.6 Å². The molecular formula is C12H14F2O2. The van der Waals surface area contributed by atoms with Gasteiger partial charge in [-0.15, -0.1) is 0 Å². The second kappa shape index (κ2) is 4.20. The highest BCUT2D eigenvalue weighted by atomic mass is 19.3. The largest absolute Gasteiger partial charge is 0.477 e. The van der Waals surface area contributed by atoms with Crippen molar-refractivity contribution in [2.24, 2.45) is 0 Å². The minimum absolute atomic E-state index is 0.0870. The summed E-state index contributed by atoms with van der Waals surface area (Å²) in [4.78, 5) is 10.5. The monoisotopic (exact) mass is 228 g/mol. The SMILES string of the molecule is Cc1ccc(C(C)C)cc1C(F)(F)C(=O)O. The number of aliphatic carboxylic acids is 1. The van der Waals surface area contributed by atoms with Crippen LogP contribution in [0.4, 0.5) is 8.78 Å². The topological polar surface area (TPSA) is 37.3 Å². The van der Waals surface area contributed by atoms with Gasteiger partial charge in [0.25, 0.3) is 0 Å². The van der Waals surface area contributed by atoms with E-state index < -0.39 is 17.5 Å². The van der Waals surface area contributed by atoms with Gasteiger partial charge in [-0.05, 0) is 30.0 Å². The van der Waals surface area contributed by atoms with Crippen molar-refractivity contribution in [2.75, 3.05) is 0 Å². The predicted octanol–water partition coefficient (Wildman–Crippen LogP) is 3.29. The van der Waals surface area contributed by atoms with Gasteiger partial charge in [0.1, 0.15) is 0 Å². The fourth-order valence-corrected chi connectivity index (χ4v) is 1.45. The molecule has 16 heavy (non-hydrogen) atoms. The zero-order valence-corrected chi connectivity index (χ0v) is 9.42. The first-order valence-electron chi connectivity index (χ1n) is 4.99. The van der Waals surface area contributed by atoms with Gasteiger partial charge in [-0.2, -0.15) is 8.78 Å². The zero-order chi connectivity index (χ0) is 12.5. The summed E-state index contributed by atoms with van der Waals surface area (Å²) in [7, 11) is 0. The third-order valence-corrected chi connectivity index (χ3v) is 2.54. The quantitative estimate of drug-likeness (QED) is 0.861. The number of alkyl halides is 2. The fourth-order valence-electron chi connectivity index (χ4n) is 1.45. The van der Waals surface area contributed by atoms with E-state index in [-0.39, 0.29) is 11.5 Å². The molecule has 2 nitrogen and oxygen atoms in total. The van der Waals surface area contributed by atoms with Gasteiger partial charge in [0.2, 0.25) is 0 Å². The Morgan fingerprint density at radius 3 is 2.38 bits per heavy atom. The van der Waals surface area contributed by atoms with Crippen LogP contribution in [0.15, 0.2) is 18.2 Å². The molecule has 0 aliphatic rings. The van der Waals surface area contributed by atoms with Crippen LogP contribution in [0.5, 0.6) is 0 Å². The Kier molecular flexibility index (Phi) is 3.31. The van der Waals surface area contributed by atoms with Gasteiger partial charge >= 0.3 is 11.9 Å². The number of halogens is 2. The van der Waals surface area contributed by atoms with Crippen LogP contribution in [-0.2, 0) is 10.7 Å². The first kappa shape index (κ1) is 12.6. The van der Waals surface area contributed by atoms with E-state index in [4.69, 9.17) is 5.11 Å². The van der Waals surface area contributed by atoms with E-state index in [1.54, 1.807) is 6.07 Å². The Morgan fingerprint density at radius 1 is 1.38 bits per heavy atom. The lowest BCUT2D eigenvalue weighted by Gasteiger charge is -2.16. The summed E-state index contributed by atoms with van der Waals surface area (Å²) >= 11 is 0. The van der Waals surface area contributed by atoms with Gasteiger partial charge in [-0.25, -0.2) is 4.79 Å². The van der Waals surface area contributed by atoms with Crippen molar-refractivity contribution in [3.05, 3.63) is 34.9 Å². The molecule has 0 radical (unpaired) electrons. The molecule has 0 aromatic heterocycles. The Bertz CT molecular complexity index is 411. The smallest absolute Gasteiger partial charge is 0.379 e. The van der Waals surface area contributed by atoms with E-state index in [1.165, 1.54) is 19.1 Å². The molecule has 0 aliphatic carbocycles. The van der Waals surface area contributed by atoms with E-state index >= 15 is 0 Å². The number of benzene rings is 1. The maximum absolute atomic E-state index is 13.4. The third-order valence-electron chi connectivity index (χ3n) is 2.54. The number of aryl methyl sites for hydroxylation is 1. The van der Waals surface area contributed by atoms with Crippen molar-refractivity contribution in [1.82, 2.24) is 0 Å². The first-order chi connectivity index (χ1) is 7.26. The van der Waals surface area contributed by atoms with Crippen LogP contribution in [0.3, 0.4) is 0 Å². The highest BCUT2D eigenvalue weighted by molar-refractivity contribution is 5.78. The lowest BCUT2D eigenvalue weighted by molar-refractivity contribution is -0.166. The Hall–Kier alpha value is -1.45. The zero-order valence-electron chi connectivity index (χ0n) is 9.42. The van der Waals surface area contributed by atoms with Gasteiger partial charge in [-0.1, -0.05) is 26.0 Å². The maximum Gasteiger partial charge on any atom is 0.379 e. The molecule has 0 amide bonds. The van der Waals surface area contributed by atoms with Crippen LogP contribution in [0, 0.1) is 6.92 Å². The highest BCUT2D eigenvalue weighted by Crippen LogP contribution is 2.32. The molecule has 1 N–H and O–H groups in total. The third kappa shape index (κ3) is 2.21. The van der Waals surface area contributed by atoms with E-state index in [0.717, 1.165) is 0 Å². The molecule has 88 valence electrons. The summed E-state index contributed by atoms with van der Waals surface area (Å²) in [5.41, 5.74) is 0.574. The van der Waals surface area contributed by atoms with E-state index in [9.17, 15) is 13.6 Å². The van der Waals surface area contributed by atoms with Gasteiger partial charge in [0.05, 0.1) is 0 Å². The Labute approximate surface area is 92.9 Å². The average molecular weight is 228 g/mol. The van der Waals surface area contributed by atoms with Crippen LogP contribution in [0.25, 0.3) is 0 Å². The summed E-state index contributed by atoms with van der Waals surface area (Å²) in [6.07, 6.45) is 0. The van der Waals surface area contributed by atoms with Gasteiger partial charge in [0.15, 0.2) is 0 Å². The van der Waals surface area contributed by atoms with Gasteiger partial charge in [0, 0.05) is 5.56 Å². The summed E-state index contributed by atoms with van der Waals surface area (Å²) in [5.74, 6) is -5.85. The van der Waals surface area contributed by atoms with Crippen LogP contribution in [0.1, 0.15) is 36.5 Å². The lowest BCUT2D eigenvalue weighted by atomic mass is 9.95. The number of carboxylic acids is 1. The molecule has 0 atom stereocenters. The fraction of sp³-hybridized carbons (Fsp3) is 0.417. The van der Waals surface area contributed by atoms with E-state index in [1.807, 2.05) is 13.8 Å². The molecule has 0 bridgehead atoms. The molecular weight excluding hydrogens is 214 g/mol. The predicted molar refractivity (Wildman–Crippen MR) is 56.8 cm³/mol. The molecule has 0 spiro atoms. The molecule has 1 aromatic rings. The van der Waals surface area contributed by atoms with Gasteiger partial charge < -0.3 is 5.11 Å². The first-order valence-corrected chi connectivity index (χ1v) is 4.99. The minimum Gasteiger partial charge on any atom is -0.477 e. The van der Waals surface area contributed by atoms with Crippen LogP contribution >= 0.6 is 0 Å². The lowest BCUT2D eigenvalue weighted by Crippen LogP contribution is -2.26. The van der Waals surface area contributed by atoms with Crippen LogP contribution < -0.4 is 0 Å². The Balaban J connectivity index is 3.32. The van der Waals surface area contributed by atoms with Crippen molar-refractivity contribution >= 4 is 5.97 Å². The molecule has 0 heterocycles. The second-order valence-electron chi connectivity index (χ2n) is 4.11. The molecule has 0 fully saturated rings. The number of carbonyl (C=O) groups is 1. The number of hydrogen-bond acceptors (Lipinski definition) is 1. The number of hydrogen-bond donors (Lipinski definition) is 1. The summed E-state index contributed by atoms with van der Waals surface area (Å²) in [5, 5.41) is 8.50. The molecule has 0 saturated carbocycles. The second-order valence-corrected chi connectivity index (χ2v) is 4.11. The summed E-state index contributed by atoms with van der Waals surface area (Å²) < 4.78 is 26.8. The highest BCUT2D eigenvalue weighted by Gasteiger charge is 2.42. The van der Waals surface area contributed by atoms with Crippen molar-refractivity contribution in [3.8, 4) is 0 Å². The van der Waals surface area contributed by atoms with Crippen molar-refractivity contribution in [3.63, 3.8) is 0 Å². The number of carboxylic acid groups (broad SMARTS) is 1. The summed E-state index contributed by atoms with van der Waals surface area (Å²) in [6, 6.07) is 4.54. The van der Waals surface area contributed by atoms with Crippen molar-refractivity contribution in [1.29, 1.82) is 0 Å². The van der Waals surface area contributed by atoms with Gasteiger partial charge in [-0.3, -0.25) is 0 Å². The molecule has 4 heteroatoms. The Morgan fingerprint density at radius 2 is 1.94 bits per heavy atom. The average Bonchev–Trinajstić information content (AvgIpc) is 2.17. The summed E-state index contributed by atoms with van der Waals surface area (Å²) in [6.45, 7) is 5.22. The van der Waals surface area contributed by atoms with Crippen molar-refractivity contribution < 1.29 is 18.7 Å². The standard InChI is InChI=1S/C12H14F2O2/c1-7(2)9-5-4-8(3)10(6-9)12(13,14)11(15)16/h4-7H,1-3H3,(H,15,16). The normalized spacial score (nSPS) is 11.9. The number of rotatable bonds is 3.